The molecule has 0 amide bonds. The first-order valence-electron chi connectivity index (χ1n) is 8.58. The summed E-state index contributed by atoms with van der Waals surface area (Å²) in [6, 6.07) is 16.1. The summed E-state index contributed by atoms with van der Waals surface area (Å²) in [6.07, 6.45) is 2.14. The minimum atomic E-state index is -3.54. The summed E-state index contributed by atoms with van der Waals surface area (Å²) < 4.78 is 26.8. The molecule has 0 aliphatic rings. The van der Waals surface area contributed by atoms with Gasteiger partial charge in [0.2, 0.25) is 10.0 Å². The van der Waals surface area contributed by atoms with Gasteiger partial charge in [-0.3, -0.25) is 0 Å². The summed E-state index contributed by atoms with van der Waals surface area (Å²) in [5, 5.41) is 6.71. The minimum absolute atomic E-state index is 0.256. The zero-order valence-corrected chi connectivity index (χ0v) is 16.7. The van der Waals surface area contributed by atoms with Crippen LogP contribution in [0, 0.1) is 0 Å². The Morgan fingerprint density at radius 3 is 2.35 bits per heavy atom. The average molecular weight is 392 g/mol. The molecule has 0 saturated heterocycles. The van der Waals surface area contributed by atoms with Gasteiger partial charge >= 0.3 is 0 Å². The van der Waals surface area contributed by atoms with Gasteiger partial charge in [0.05, 0.1) is 4.90 Å². The van der Waals surface area contributed by atoms with Gasteiger partial charge in [0.1, 0.15) is 0 Å². The zero-order valence-electron chi connectivity index (χ0n) is 15.1. The predicted molar refractivity (Wildman–Crippen MR) is 111 cm³/mol. The molecule has 0 saturated carbocycles. The molecule has 0 fully saturated rings. The third-order valence-corrected chi connectivity index (χ3v) is 5.95. The maximum absolute atomic E-state index is 12.7. The van der Waals surface area contributed by atoms with Crippen molar-refractivity contribution in [2.24, 2.45) is 0 Å². The molecule has 5 nitrogen and oxygen atoms in total. The molecule has 0 aliphatic carbocycles. The summed E-state index contributed by atoms with van der Waals surface area (Å²) in [7, 11) is -1.96. The number of nitrogens with one attached hydrogen (secondary N) is 2. The Labute approximate surface area is 161 Å². The van der Waals surface area contributed by atoms with E-state index in [2.05, 4.69) is 17.6 Å². The number of hydrogen-bond donors (Lipinski definition) is 2. The van der Waals surface area contributed by atoms with Gasteiger partial charge in [-0.25, -0.2) is 8.42 Å². The van der Waals surface area contributed by atoms with Crippen LogP contribution in [0.15, 0.2) is 59.5 Å². The number of sulfonamides is 1. The zero-order chi connectivity index (χ0) is 19.0. The van der Waals surface area contributed by atoms with Gasteiger partial charge in [0.25, 0.3) is 0 Å². The van der Waals surface area contributed by atoms with Crippen LogP contribution in [-0.4, -0.2) is 31.4 Å². The molecule has 0 bridgehead atoms. The van der Waals surface area contributed by atoms with E-state index in [4.69, 9.17) is 12.2 Å². The topological polar surface area (TPSA) is 61.4 Å². The Bertz CT molecular complexity index is 806. The van der Waals surface area contributed by atoms with E-state index in [-0.39, 0.29) is 4.90 Å². The van der Waals surface area contributed by atoms with Crippen molar-refractivity contribution in [2.45, 2.75) is 31.2 Å². The second-order valence-electron chi connectivity index (χ2n) is 6.01. The number of anilines is 1. The number of nitrogens with zero attached hydrogens (tertiary/aromatic N) is 1. The van der Waals surface area contributed by atoms with E-state index in [1.165, 1.54) is 4.31 Å². The standard InChI is InChI=1S/C19H25N3O2S2/c1-3-4-14-20-19(25)21-17-10-12-18(13-11-17)26(23,24)22(2)15-16-8-6-5-7-9-16/h5-13H,3-4,14-15H2,1-2H3,(H2,20,21,25). The van der Waals surface area contributed by atoms with E-state index in [0.29, 0.717) is 11.7 Å². The van der Waals surface area contributed by atoms with Crippen LogP contribution in [0.5, 0.6) is 0 Å². The van der Waals surface area contributed by atoms with Gasteiger partial charge < -0.3 is 10.6 Å². The molecule has 0 atom stereocenters. The van der Waals surface area contributed by atoms with Gasteiger partial charge in [-0.15, -0.1) is 0 Å². The number of benzene rings is 2. The summed E-state index contributed by atoms with van der Waals surface area (Å²) >= 11 is 5.22. The Kier molecular flexibility index (Phi) is 7.56. The summed E-state index contributed by atoms with van der Waals surface area (Å²) in [5.74, 6) is 0. The van der Waals surface area contributed by atoms with E-state index >= 15 is 0 Å². The monoisotopic (exact) mass is 391 g/mol. The van der Waals surface area contributed by atoms with Crippen LogP contribution >= 0.6 is 12.2 Å². The number of rotatable bonds is 8. The molecule has 0 spiro atoms. The Hall–Kier alpha value is -1.96. The maximum Gasteiger partial charge on any atom is 0.243 e. The Morgan fingerprint density at radius 1 is 1.08 bits per heavy atom. The lowest BCUT2D eigenvalue weighted by Gasteiger charge is -2.18. The van der Waals surface area contributed by atoms with E-state index < -0.39 is 10.0 Å². The molecule has 7 heteroatoms. The molecule has 2 rings (SSSR count). The van der Waals surface area contributed by atoms with Crippen LogP contribution in [-0.2, 0) is 16.6 Å². The van der Waals surface area contributed by atoms with Crippen LogP contribution in [0.3, 0.4) is 0 Å². The fraction of sp³-hybridized carbons (Fsp3) is 0.316. The molecule has 0 aliphatic heterocycles. The van der Waals surface area contributed by atoms with Crippen molar-refractivity contribution in [2.75, 3.05) is 18.9 Å². The molecule has 0 unspecified atom stereocenters. The molecule has 2 N–H and O–H groups in total. The predicted octanol–water partition coefficient (Wildman–Crippen LogP) is 3.59. The lowest BCUT2D eigenvalue weighted by Crippen LogP contribution is -2.29. The third kappa shape index (κ3) is 5.79. The second-order valence-corrected chi connectivity index (χ2v) is 8.46. The SMILES string of the molecule is CCCCNC(=S)Nc1ccc(S(=O)(=O)N(C)Cc2ccccc2)cc1. The van der Waals surface area contributed by atoms with Crippen LogP contribution in [0.2, 0.25) is 0 Å². The van der Waals surface area contributed by atoms with Crippen molar-refractivity contribution in [1.82, 2.24) is 9.62 Å². The fourth-order valence-corrected chi connectivity index (χ4v) is 3.75. The van der Waals surface area contributed by atoms with Gasteiger partial charge in [-0.2, -0.15) is 4.31 Å². The Balaban J connectivity index is 2.00. The average Bonchev–Trinajstić information content (AvgIpc) is 2.63. The van der Waals surface area contributed by atoms with Crippen molar-refractivity contribution in [3.05, 3.63) is 60.2 Å². The highest BCUT2D eigenvalue weighted by Crippen LogP contribution is 2.19. The first-order valence-corrected chi connectivity index (χ1v) is 10.4. The second kappa shape index (κ2) is 9.66. The van der Waals surface area contributed by atoms with E-state index in [1.54, 1.807) is 31.3 Å². The lowest BCUT2D eigenvalue weighted by molar-refractivity contribution is 0.467. The molecule has 2 aromatic carbocycles. The third-order valence-electron chi connectivity index (χ3n) is 3.88. The van der Waals surface area contributed by atoms with E-state index in [9.17, 15) is 8.42 Å². The van der Waals surface area contributed by atoms with Gasteiger partial charge in [-0.1, -0.05) is 43.7 Å². The van der Waals surface area contributed by atoms with Crippen molar-refractivity contribution < 1.29 is 8.42 Å². The highest BCUT2D eigenvalue weighted by molar-refractivity contribution is 7.89. The highest BCUT2D eigenvalue weighted by Gasteiger charge is 2.20. The molecule has 0 aromatic heterocycles. The first kappa shape index (κ1) is 20.4. The Morgan fingerprint density at radius 2 is 1.73 bits per heavy atom. The van der Waals surface area contributed by atoms with Gasteiger partial charge in [-0.05, 0) is 48.5 Å². The van der Waals surface area contributed by atoms with Crippen molar-refractivity contribution in [3.63, 3.8) is 0 Å². The molecular formula is C19H25N3O2S2. The summed E-state index contributed by atoms with van der Waals surface area (Å²) in [5.41, 5.74) is 1.70. The molecule has 26 heavy (non-hydrogen) atoms. The number of hydrogen-bond acceptors (Lipinski definition) is 3. The van der Waals surface area contributed by atoms with Crippen LogP contribution in [0.25, 0.3) is 0 Å². The van der Waals surface area contributed by atoms with Crippen molar-refractivity contribution in [3.8, 4) is 0 Å². The van der Waals surface area contributed by atoms with E-state index in [0.717, 1.165) is 30.6 Å². The summed E-state index contributed by atoms with van der Waals surface area (Å²) in [4.78, 5) is 0.256. The minimum Gasteiger partial charge on any atom is -0.362 e. The molecule has 0 heterocycles. The summed E-state index contributed by atoms with van der Waals surface area (Å²) in [6.45, 7) is 3.26. The van der Waals surface area contributed by atoms with E-state index in [1.807, 2.05) is 30.3 Å². The van der Waals surface area contributed by atoms with Crippen LogP contribution in [0.4, 0.5) is 5.69 Å². The van der Waals surface area contributed by atoms with Crippen LogP contribution < -0.4 is 10.6 Å². The normalized spacial score (nSPS) is 11.3. The molecule has 0 radical (unpaired) electrons. The quantitative estimate of drug-likeness (QED) is 0.532. The maximum atomic E-state index is 12.7. The number of unbranched alkanes of at least 4 members (excludes halogenated alkanes) is 1. The van der Waals surface area contributed by atoms with Gasteiger partial charge in [0.15, 0.2) is 5.11 Å². The van der Waals surface area contributed by atoms with Crippen molar-refractivity contribution >= 4 is 33.0 Å². The first-order chi connectivity index (χ1) is 12.4. The molecule has 2 aromatic rings. The van der Waals surface area contributed by atoms with Crippen molar-refractivity contribution in [1.29, 1.82) is 0 Å². The van der Waals surface area contributed by atoms with Gasteiger partial charge in [0, 0.05) is 25.8 Å². The molecular weight excluding hydrogens is 366 g/mol. The molecule has 140 valence electrons. The smallest absolute Gasteiger partial charge is 0.243 e. The largest absolute Gasteiger partial charge is 0.362 e. The highest BCUT2D eigenvalue weighted by atomic mass is 32.2. The fourth-order valence-electron chi connectivity index (χ4n) is 2.37. The van der Waals surface area contributed by atoms with Crippen LogP contribution in [0.1, 0.15) is 25.3 Å². The lowest BCUT2D eigenvalue weighted by atomic mass is 10.2. The number of thiocarbonyl (C=S) groups is 1.